The lowest BCUT2D eigenvalue weighted by Crippen LogP contribution is -2.42. The number of ketones is 1. The number of allylic oxidation sites excluding steroid dienone is 1. The molecule has 0 spiro atoms. The number of phenolic OH excluding ortho intramolecular Hbond substituents is 1. The molecule has 4 heteroatoms. The molecule has 0 saturated heterocycles. The molecule has 5 rings (SSSR count). The third kappa shape index (κ3) is 2.50. The first-order chi connectivity index (χ1) is 13.4. The molecule has 0 bridgehead atoms. The molecule has 4 atom stereocenters. The van der Waals surface area contributed by atoms with Crippen molar-refractivity contribution in [3.8, 4) is 5.75 Å². The predicted molar refractivity (Wildman–Crippen MR) is 109 cm³/mol. The second kappa shape index (κ2) is 6.07. The number of benzene rings is 1. The van der Waals surface area contributed by atoms with Gasteiger partial charge in [0.2, 0.25) is 0 Å². The van der Waals surface area contributed by atoms with Gasteiger partial charge in [-0.05, 0) is 91.7 Å². The van der Waals surface area contributed by atoms with Gasteiger partial charge in [-0.3, -0.25) is 9.48 Å². The largest absolute Gasteiger partial charge is 0.508 e. The Morgan fingerprint density at radius 3 is 2.89 bits per heavy atom. The van der Waals surface area contributed by atoms with E-state index < -0.39 is 0 Å². The van der Waals surface area contributed by atoms with E-state index in [2.05, 4.69) is 24.2 Å². The quantitative estimate of drug-likeness (QED) is 0.743. The fraction of sp³-hybridized carbons (Fsp3) is 0.500. The SMILES string of the molecule is Cc1nn(C)cc1/C=C1/C[C@@H]2[C@@H]3CCc4cc(O)ccc4[C@H]3CC[C@]2(C)C1=O. The van der Waals surface area contributed by atoms with Gasteiger partial charge in [-0.1, -0.05) is 13.0 Å². The van der Waals surface area contributed by atoms with E-state index in [0.717, 1.165) is 48.9 Å². The van der Waals surface area contributed by atoms with Crippen LogP contribution in [-0.4, -0.2) is 20.7 Å². The molecule has 146 valence electrons. The second-order valence-electron chi connectivity index (χ2n) is 9.30. The molecule has 1 aromatic heterocycles. The Hall–Kier alpha value is -2.36. The predicted octanol–water partition coefficient (Wildman–Crippen LogP) is 4.55. The van der Waals surface area contributed by atoms with Crippen molar-refractivity contribution in [3.05, 3.63) is 52.4 Å². The molecule has 2 aromatic rings. The van der Waals surface area contributed by atoms with E-state index in [1.165, 1.54) is 11.1 Å². The Labute approximate surface area is 166 Å². The standard InChI is InChI=1S/C24H28N2O2/c1-14-17(13-26(3)25-14)10-16-12-22-21-6-4-15-11-18(27)5-7-19(15)20(21)8-9-24(22,2)23(16)28/h5,7,10-11,13,20-22,27H,4,6,8-9,12H2,1-3H3/b16-10-/t20-,21-,22-,24+/m1/s1. The molecule has 3 aliphatic rings. The van der Waals surface area contributed by atoms with Crippen LogP contribution in [0.25, 0.3) is 6.08 Å². The van der Waals surface area contributed by atoms with Crippen molar-refractivity contribution in [3.63, 3.8) is 0 Å². The maximum atomic E-state index is 13.4. The zero-order valence-electron chi connectivity index (χ0n) is 16.9. The number of rotatable bonds is 1. The molecular weight excluding hydrogens is 348 g/mol. The summed E-state index contributed by atoms with van der Waals surface area (Å²) in [7, 11) is 1.93. The minimum absolute atomic E-state index is 0.225. The number of hydrogen-bond acceptors (Lipinski definition) is 3. The minimum Gasteiger partial charge on any atom is -0.508 e. The van der Waals surface area contributed by atoms with Gasteiger partial charge in [0.15, 0.2) is 5.78 Å². The summed E-state index contributed by atoms with van der Waals surface area (Å²) in [6.07, 6.45) is 9.14. The van der Waals surface area contributed by atoms with Gasteiger partial charge in [-0.25, -0.2) is 0 Å². The highest BCUT2D eigenvalue weighted by Crippen LogP contribution is 2.60. The molecular formula is C24H28N2O2. The van der Waals surface area contributed by atoms with Gasteiger partial charge in [0.1, 0.15) is 5.75 Å². The third-order valence-electron chi connectivity index (χ3n) is 7.73. The minimum atomic E-state index is -0.225. The van der Waals surface area contributed by atoms with Crippen molar-refractivity contribution in [1.82, 2.24) is 9.78 Å². The molecule has 28 heavy (non-hydrogen) atoms. The van der Waals surface area contributed by atoms with E-state index in [0.29, 0.717) is 29.3 Å². The second-order valence-corrected chi connectivity index (χ2v) is 9.30. The lowest BCUT2D eigenvalue weighted by molar-refractivity contribution is -0.127. The molecule has 1 aromatic carbocycles. The highest BCUT2D eigenvalue weighted by Gasteiger charge is 2.56. The summed E-state index contributed by atoms with van der Waals surface area (Å²) in [6, 6.07) is 5.89. The van der Waals surface area contributed by atoms with Gasteiger partial charge in [-0.2, -0.15) is 5.10 Å². The Morgan fingerprint density at radius 1 is 1.32 bits per heavy atom. The summed E-state index contributed by atoms with van der Waals surface area (Å²) in [5.74, 6) is 2.22. The smallest absolute Gasteiger partial charge is 0.165 e. The summed E-state index contributed by atoms with van der Waals surface area (Å²) in [5.41, 5.74) is 5.51. The normalized spacial score (nSPS) is 32.9. The zero-order valence-corrected chi connectivity index (χ0v) is 16.9. The van der Waals surface area contributed by atoms with Gasteiger partial charge < -0.3 is 5.11 Å². The highest BCUT2D eigenvalue weighted by atomic mass is 16.3. The maximum Gasteiger partial charge on any atom is 0.165 e. The monoisotopic (exact) mass is 376 g/mol. The first-order valence-electron chi connectivity index (χ1n) is 10.4. The molecule has 4 nitrogen and oxygen atoms in total. The lowest BCUT2D eigenvalue weighted by Gasteiger charge is -2.48. The maximum absolute atomic E-state index is 13.4. The molecule has 0 radical (unpaired) electrons. The number of Topliss-reactive ketones (excluding diaryl/α,β-unsaturated/α-hetero) is 1. The van der Waals surface area contributed by atoms with Crippen LogP contribution in [0.2, 0.25) is 0 Å². The number of carbonyl (C=O) groups is 1. The molecule has 0 amide bonds. The van der Waals surface area contributed by atoms with E-state index in [4.69, 9.17) is 0 Å². The Morgan fingerprint density at radius 2 is 2.14 bits per heavy atom. The summed E-state index contributed by atoms with van der Waals surface area (Å²) in [6.45, 7) is 4.21. The van der Waals surface area contributed by atoms with Crippen LogP contribution in [0.3, 0.4) is 0 Å². The van der Waals surface area contributed by atoms with Crippen LogP contribution in [0.4, 0.5) is 0 Å². The first kappa shape index (κ1) is 17.7. The van der Waals surface area contributed by atoms with Gasteiger partial charge in [0.25, 0.3) is 0 Å². The first-order valence-corrected chi connectivity index (χ1v) is 10.4. The average Bonchev–Trinajstić information content (AvgIpc) is 3.11. The van der Waals surface area contributed by atoms with Crippen molar-refractivity contribution < 1.29 is 9.90 Å². The van der Waals surface area contributed by atoms with Gasteiger partial charge in [-0.15, -0.1) is 0 Å². The highest BCUT2D eigenvalue weighted by molar-refractivity contribution is 6.06. The van der Waals surface area contributed by atoms with Crippen molar-refractivity contribution in [2.45, 2.75) is 51.9 Å². The van der Waals surface area contributed by atoms with E-state index in [1.807, 2.05) is 37.0 Å². The number of hydrogen-bond donors (Lipinski definition) is 1. The fourth-order valence-corrected chi connectivity index (χ4v) is 6.32. The molecule has 0 unspecified atom stereocenters. The summed E-state index contributed by atoms with van der Waals surface area (Å²) in [5, 5.41) is 14.3. The number of aryl methyl sites for hydroxylation is 3. The van der Waals surface area contributed by atoms with Crippen LogP contribution in [-0.2, 0) is 18.3 Å². The average molecular weight is 377 g/mol. The van der Waals surface area contributed by atoms with E-state index in [-0.39, 0.29) is 5.41 Å². The van der Waals surface area contributed by atoms with Crippen LogP contribution in [0.15, 0.2) is 30.0 Å². The molecule has 3 aliphatic carbocycles. The third-order valence-corrected chi connectivity index (χ3v) is 7.73. The Bertz CT molecular complexity index is 1000. The van der Waals surface area contributed by atoms with Gasteiger partial charge >= 0.3 is 0 Å². The van der Waals surface area contributed by atoms with Crippen molar-refractivity contribution in [2.75, 3.05) is 0 Å². The van der Waals surface area contributed by atoms with Crippen LogP contribution in [0.1, 0.15) is 60.9 Å². The molecule has 1 N–H and O–H groups in total. The number of fused-ring (bicyclic) bond motifs is 5. The number of aromatic hydroxyl groups is 1. The van der Waals surface area contributed by atoms with Gasteiger partial charge in [0.05, 0.1) is 5.69 Å². The van der Waals surface area contributed by atoms with Crippen LogP contribution >= 0.6 is 0 Å². The Kier molecular flexibility index (Phi) is 3.84. The van der Waals surface area contributed by atoms with Gasteiger partial charge in [0, 0.05) is 24.2 Å². The van der Waals surface area contributed by atoms with Crippen LogP contribution < -0.4 is 0 Å². The topological polar surface area (TPSA) is 55.1 Å². The zero-order chi connectivity index (χ0) is 19.6. The van der Waals surface area contributed by atoms with Crippen molar-refractivity contribution in [2.24, 2.45) is 24.3 Å². The molecule has 1 heterocycles. The summed E-state index contributed by atoms with van der Waals surface area (Å²) < 4.78 is 1.82. The van der Waals surface area contributed by atoms with E-state index >= 15 is 0 Å². The van der Waals surface area contributed by atoms with Crippen molar-refractivity contribution >= 4 is 11.9 Å². The van der Waals surface area contributed by atoms with Crippen molar-refractivity contribution in [1.29, 1.82) is 0 Å². The molecule has 2 saturated carbocycles. The van der Waals surface area contributed by atoms with Crippen LogP contribution in [0, 0.1) is 24.2 Å². The molecule has 2 fully saturated rings. The van der Waals surface area contributed by atoms with E-state index in [9.17, 15) is 9.90 Å². The number of phenols is 1. The number of aromatic nitrogens is 2. The van der Waals surface area contributed by atoms with Crippen LogP contribution in [0.5, 0.6) is 5.75 Å². The summed E-state index contributed by atoms with van der Waals surface area (Å²) in [4.78, 5) is 13.4. The summed E-state index contributed by atoms with van der Waals surface area (Å²) >= 11 is 0. The number of nitrogens with zero attached hydrogens (tertiary/aromatic N) is 2. The molecule has 0 aliphatic heterocycles. The Balaban J connectivity index is 1.50. The lowest BCUT2D eigenvalue weighted by atomic mass is 9.55. The fourth-order valence-electron chi connectivity index (χ4n) is 6.32. The van der Waals surface area contributed by atoms with E-state index in [1.54, 1.807) is 0 Å². The number of carbonyl (C=O) groups excluding carboxylic acids is 1.